The average molecular weight is 305 g/mol. The molecule has 4 N–H and O–H groups in total. The van der Waals surface area contributed by atoms with E-state index in [4.69, 9.17) is 10.5 Å². The molecule has 0 saturated carbocycles. The molecule has 0 bridgehead atoms. The minimum atomic E-state index is -1.17. The zero-order chi connectivity index (χ0) is 14.9. The Balaban J connectivity index is 2.33. The first-order chi connectivity index (χ1) is 9.43. The molecule has 1 saturated heterocycles. The van der Waals surface area contributed by atoms with E-state index in [1.807, 2.05) is 0 Å². The van der Waals surface area contributed by atoms with E-state index in [0.29, 0.717) is 5.75 Å². The van der Waals surface area contributed by atoms with Gasteiger partial charge in [-0.1, -0.05) is 0 Å². The fraction of sp³-hybridized carbons (Fsp3) is 0.636. The molecule has 0 amide bonds. The predicted molar refractivity (Wildman–Crippen MR) is 71.8 cm³/mol. The summed E-state index contributed by atoms with van der Waals surface area (Å²) >= 11 is 1.39. The highest BCUT2D eigenvalue weighted by Gasteiger charge is 2.48. The number of hydrogen-bond donors (Lipinski definition) is 3. The van der Waals surface area contributed by atoms with Crippen LogP contribution in [0.2, 0.25) is 0 Å². The van der Waals surface area contributed by atoms with Gasteiger partial charge in [0.1, 0.15) is 11.8 Å². The van der Waals surface area contributed by atoms with Crippen LogP contribution >= 0.6 is 11.8 Å². The summed E-state index contributed by atoms with van der Waals surface area (Å²) in [5.41, 5.74) is 3.28. The fourth-order valence-corrected chi connectivity index (χ4v) is 3.04. The molecule has 20 heavy (non-hydrogen) atoms. The third-order valence-electron chi connectivity index (χ3n) is 3.30. The number of nitrogens with zero attached hydrogens (tertiary/aromatic N) is 2. The van der Waals surface area contributed by atoms with Gasteiger partial charge in [0.25, 0.3) is 0 Å². The molecule has 2 rings (SSSR count). The first-order valence-electron chi connectivity index (χ1n) is 5.93. The topological polar surface area (TPSA) is 111 Å². The van der Waals surface area contributed by atoms with Crippen LogP contribution in [0, 0.1) is 5.82 Å². The maximum Gasteiger partial charge on any atom is 0.351 e. The van der Waals surface area contributed by atoms with Crippen molar-refractivity contribution in [3.05, 3.63) is 22.5 Å². The second-order valence-corrected chi connectivity index (χ2v) is 5.51. The lowest BCUT2D eigenvalue weighted by molar-refractivity contribution is -0.113. The van der Waals surface area contributed by atoms with E-state index in [-0.39, 0.29) is 6.42 Å². The van der Waals surface area contributed by atoms with Crippen molar-refractivity contribution in [2.45, 2.75) is 24.4 Å². The molecule has 1 aromatic heterocycles. The fourth-order valence-electron chi connectivity index (χ4n) is 2.20. The van der Waals surface area contributed by atoms with E-state index in [2.05, 4.69) is 4.98 Å². The molecule has 0 spiro atoms. The van der Waals surface area contributed by atoms with Gasteiger partial charge in [-0.2, -0.15) is 16.7 Å². The van der Waals surface area contributed by atoms with Gasteiger partial charge in [0.15, 0.2) is 11.6 Å². The SMILES string of the molecule is CSCC1(CO)O[C@@H](n2cc(F)c(N)nc2=O)C[C@@H]1O. The number of rotatable bonds is 4. The smallest absolute Gasteiger partial charge is 0.351 e. The van der Waals surface area contributed by atoms with Crippen LogP contribution in [0.4, 0.5) is 10.2 Å². The third-order valence-corrected chi connectivity index (χ3v) is 4.08. The van der Waals surface area contributed by atoms with Crippen molar-refractivity contribution in [3.8, 4) is 0 Å². The zero-order valence-electron chi connectivity index (χ0n) is 10.8. The molecule has 112 valence electrons. The summed E-state index contributed by atoms with van der Waals surface area (Å²) in [6, 6.07) is 0. The molecule has 1 aromatic rings. The van der Waals surface area contributed by atoms with E-state index in [0.717, 1.165) is 10.8 Å². The summed E-state index contributed by atoms with van der Waals surface area (Å²) in [6.45, 7) is -0.398. The van der Waals surface area contributed by atoms with E-state index < -0.39 is 41.9 Å². The van der Waals surface area contributed by atoms with Gasteiger partial charge >= 0.3 is 5.69 Å². The van der Waals surface area contributed by atoms with Crippen molar-refractivity contribution in [2.24, 2.45) is 0 Å². The van der Waals surface area contributed by atoms with Crippen LogP contribution in [0.1, 0.15) is 12.6 Å². The van der Waals surface area contributed by atoms with Crippen molar-refractivity contribution in [3.63, 3.8) is 0 Å². The van der Waals surface area contributed by atoms with Gasteiger partial charge in [0.05, 0.1) is 18.9 Å². The van der Waals surface area contributed by atoms with E-state index in [9.17, 15) is 19.4 Å². The third kappa shape index (κ3) is 2.53. The van der Waals surface area contributed by atoms with Crippen LogP contribution in [0.3, 0.4) is 0 Å². The maximum absolute atomic E-state index is 13.4. The highest BCUT2D eigenvalue weighted by molar-refractivity contribution is 7.98. The summed E-state index contributed by atoms with van der Waals surface area (Å²) < 4.78 is 20.0. The maximum atomic E-state index is 13.4. The number of aliphatic hydroxyl groups excluding tert-OH is 2. The Morgan fingerprint density at radius 1 is 1.75 bits per heavy atom. The second kappa shape index (κ2) is 5.68. The summed E-state index contributed by atoms with van der Waals surface area (Å²) in [5, 5.41) is 19.5. The number of nitrogen functional groups attached to an aromatic ring is 1. The normalized spacial score (nSPS) is 29.8. The molecule has 2 heterocycles. The van der Waals surface area contributed by atoms with Crippen molar-refractivity contribution in [2.75, 3.05) is 24.3 Å². The largest absolute Gasteiger partial charge is 0.393 e. The molecule has 1 unspecified atom stereocenters. The van der Waals surface area contributed by atoms with Crippen LogP contribution in [0.15, 0.2) is 11.0 Å². The highest BCUT2D eigenvalue weighted by atomic mass is 32.2. The van der Waals surface area contributed by atoms with Crippen LogP contribution in [-0.4, -0.2) is 50.1 Å². The Kier molecular flexibility index (Phi) is 4.33. The molecule has 7 nitrogen and oxygen atoms in total. The number of aromatic nitrogens is 2. The van der Waals surface area contributed by atoms with E-state index in [1.165, 1.54) is 11.8 Å². The number of nitrogens with two attached hydrogens (primary N) is 1. The predicted octanol–water partition coefficient (Wildman–Crippen LogP) is -0.662. The Morgan fingerprint density at radius 3 is 3.05 bits per heavy atom. The Hall–Kier alpha value is -1.16. The lowest BCUT2D eigenvalue weighted by Gasteiger charge is -2.29. The zero-order valence-corrected chi connectivity index (χ0v) is 11.6. The van der Waals surface area contributed by atoms with Gasteiger partial charge in [-0.05, 0) is 6.26 Å². The molecule has 0 aliphatic carbocycles. The first kappa shape index (κ1) is 15.2. The van der Waals surface area contributed by atoms with Gasteiger partial charge < -0.3 is 20.7 Å². The quantitative estimate of drug-likeness (QED) is 0.677. The number of halogens is 1. The first-order valence-corrected chi connectivity index (χ1v) is 7.32. The number of aliphatic hydroxyl groups is 2. The van der Waals surface area contributed by atoms with E-state index in [1.54, 1.807) is 6.26 Å². The van der Waals surface area contributed by atoms with Crippen molar-refractivity contribution < 1.29 is 19.3 Å². The van der Waals surface area contributed by atoms with Crippen molar-refractivity contribution in [1.29, 1.82) is 0 Å². The minimum Gasteiger partial charge on any atom is -0.393 e. The lowest BCUT2D eigenvalue weighted by atomic mass is 10.0. The van der Waals surface area contributed by atoms with Crippen LogP contribution in [0.25, 0.3) is 0 Å². The average Bonchev–Trinajstić information content (AvgIpc) is 2.72. The van der Waals surface area contributed by atoms with Gasteiger partial charge in [-0.15, -0.1) is 0 Å². The van der Waals surface area contributed by atoms with E-state index >= 15 is 0 Å². The van der Waals surface area contributed by atoms with Gasteiger partial charge in [-0.3, -0.25) is 4.57 Å². The Bertz CT molecular complexity index is 555. The van der Waals surface area contributed by atoms with Crippen LogP contribution in [0.5, 0.6) is 0 Å². The minimum absolute atomic E-state index is 0.0616. The molecular formula is C11H16FN3O4S. The number of anilines is 1. The molecule has 0 aromatic carbocycles. The monoisotopic (exact) mass is 305 g/mol. The molecule has 1 fully saturated rings. The van der Waals surface area contributed by atoms with Gasteiger partial charge in [0, 0.05) is 12.2 Å². The Labute approximate surface area is 118 Å². The van der Waals surface area contributed by atoms with Gasteiger partial charge in [-0.25, -0.2) is 9.18 Å². The van der Waals surface area contributed by atoms with Gasteiger partial charge in [0.2, 0.25) is 0 Å². The summed E-state index contributed by atoms with van der Waals surface area (Å²) in [7, 11) is 0. The summed E-state index contributed by atoms with van der Waals surface area (Å²) in [6.07, 6.45) is 0.912. The number of ether oxygens (including phenoxy) is 1. The van der Waals surface area contributed by atoms with Crippen LogP contribution < -0.4 is 11.4 Å². The molecular weight excluding hydrogens is 289 g/mol. The summed E-state index contributed by atoms with van der Waals surface area (Å²) in [5.74, 6) is -0.975. The van der Waals surface area contributed by atoms with Crippen molar-refractivity contribution in [1.82, 2.24) is 9.55 Å². The number of thioether (sulfide) groups is 1. The van der Waals surface area contributed by atoms with Crippen molar-refractivity contribution >= 4 is 17.6 Å². The molecule has 1 aliphatic rings. The molecule has 0 radical (unpaired) electrons. The number of hydrogen-bond acceptors (Lipinski definition) is 7. The molecule has 3 atom stereocenters. The van der Waals surface area contributed by atoms with Crippen LogP contribution in [-0.2, 0) is 4.74 Å². The highest BCUT2D eigenvalue weighted by Crippen LogP contribution is 2.37. The molecule has 1 aliphatic heterocycles. The standard InChI is InChI=1S/C11H16FN3O4S/c1-20-5-11(4-16)7(17)2-8(19-11)15-3-6(12)9(13)14-10(15)18/h3,7-8,16-17H,2,4-5H2,1H3,(H2,13,14,18)/t7-,8+,11?/m0/s1. The molecule has 9 heteroatoms. The second-order valence-electron chi connectivity index (χ2n) is 4.64. The summed E-state index contributed by atoms with van der Waals surface area (Å²) in [4.78, 5) is 15.1. The lowest BCUT2D eigenvalue weighted by Crippen LogP contribution is -2.45. The Morgan fingerprint density at radius 2 is 2.45 bits per heavy atom.